The summed E-state index contributed by atoms with van der Waals surface area (Å²) in [5.74, 6) is 0.655. The fourth-order valence-electron chi connectivity index (χ4n) is 5.38. The molecular weight excluding hydrogens is 366 g/mol. The van der Waals surface area contributed by atoms with Crippen LogP contribution in [0.1, 0.15) is 36.8 Å². The molecule has 2 aliphatic heterocycles. The molecule has 0 aliphatic carbocycles. The fourth-order valence-corrected chi connectivity index (χ4v) is 5.38. The van der Waals surface area contributed by atoms with Crippen molar-refractivity contribution in [2.75, 3.05) is 0 Å². The van der Waals surface area contributed by atoms with Gasteiger partial charge in [-0.15, -0.1) is 0 Å². The summed E-state index contributed by atoms with van der Waals surface area (Å²) in [5.41, 5.74) is 4.95. The second-order valence-corrected chi connectivity index (χ2v) is 8.92. The van der Waals surface area contributed by atoms with E-state index in [1.54, 1.807) is 0 Å². The summed E-state index contributed by atoms with van der Waals surface area (Å²) in [6, 6.07) is 30.8. The van der Waals surface area contributed by atoms with Gasteiger partial charge in [0.2, 0.25) is 0 Å². The minimum atomic E-state index is 0.225. The highest BCUT2D eigenvalue weighted by atomic mass is 16.1. The second-order valence-electron chi connectivity index (χ2n) is 8.92. The Morgan fingerprint density at radius 1 is 0.700 bits per heavy atom. The minimum absolute atomic E-state index is 0.225. The first-order valence-electron chi connectivity index (χ1n) is 11.2. The number of carbonyl (C=O) groups excluding carboxylic acids is 1. The fraction of sp³-hybridized carbons (Fsp3) is 0.321. The summed E-state index contributed by atoms with van der Waals surface area (Å²) in [4.78, 5) is 15.7. The Morgan fingerprint density at radius 2 is 1.27 bits per heavy atom. The second kappa shape index (κ2) is 8.57. The van der Waals surface area contributed by atoms with Crippen LogP contribution in [0.25, 0.3) is 11.1 Å². The Kier molecular flexibility index (Phi) is 5.50. The number of nitrogens with zero attached hydrogens (tertiary/aromatic N) is 1. The predicted octanol–water partition coefficient (Wildman–Crippen LogP) is 5.91. The first-order valence-corrected chi connectivity index (χ1v) is 11.2. The van der Waals surface area contributed by atoms with Crippen molar-refractivity contribution in [3.8, 4) is 11.1 Å². The first-order chi connectivity index (χ1) is 14.8. The van der Waals surface area contributed by atoms with Crippen molar-refractivity contribution in [1.82, 2.24) is 4.90 Å². The number of Topliss-reactive ketones (excluding diaryl/α,β-unsaturated/α-hetero) is 1. The van der Waals surface area contributed by atoms with Gasteiger partial charge < -0.3 is 0 Å². The van der Waals surface area contributed by atoms with E-state index in [0.29, 0.717) is 24.3 Å². The van der Waals surface area contributed by atoms with Crippen molar-refractivity contribution in [2.24, 2.45) is 5.92 Å². The highest BCUT2D eigenvalue weighted by Gasteiger charge is 2.42. The number of piperidine rings is 1. The molecule has 30 heavy (non-hydrogen) atoms. The zero-order valence-corrected chi connectivity index (χ0v) is 17.4. The number of hydrogen-bond donors (Lipinski definition) is 0. The Bertz CT molecular complexity index is 966. The highest BCUT2D eigenvalue weighted by Crippen LogP contribution is 2.40. The van der Waals surface area contributed by atoms with Crippen molar-refractivity contribution < 1.29 is 4.79 Å². The van der Waals surface area contributed by atoms with Crippen LogP contribution in [0.15, 0.2) is 84.9 Å². The van der Waals surface area contributed by atoms with Gasteiger partial charge >= 0.3 is 0 Å². The molecule has 152 valence electrons. The smallest absolute Gasteiger partial charge is 0.140 e. The van der Waals surface area contributed by atoms with Crippen molar-refractivity contribution in [3.05, 3.63) is 96.1 Å². The molecule has 3 aromatic rings. The van der Waals surface area contributed by atoms with Crippen molar-refractivity contribution >= 4 is 5.78 Å². The Labute approximate surface area is 179 Å². The SMILES string of the molecule is O=C(Cc1ccc(-c2ccccc2)cc1)C1CC2CCC(C1)N2Cc1ccccc1. The molecule has 2 heterocycles. The lowest BCUT2D eigenvalue weighted by Gasteiger charge is -2.38. The van der Waals surface area contributed by atoms with E-state index in [0.717, 1.165) is 24.9 Å². The lowest BCUT2D eigenvalue weighted by Crippen LogP contribution is -2.44. The van der Waals surface area contributed by atoms with Gasteiger partial charge in [-0.25, -0.2) is 0 Å². The number of hydrogen-bond acceptors (Lipinski definition) is 2. The number of ketones is 1. The van der Waals surface area contributed by atoms with Crippen LogP contribution >= 0.6 is 0 Å². The van der Waals surface area contributed by atoms with Crippen LogP contribution in [0.5, 0.6) is 0 Å². The van der Waals surface area contributed by atoms with Crippen LogP contribution in [-0.2, 0) is 17.8 Å². The van der Waals surface area contributed by atoms with Gasteiger partial charge in [0.25, 0.3) is 0 Å². The van der Waals surface area contributed by atoms with Gasteiger partial charge in [0, 0.05) is 31.0 Å². The third-order valence-corrected chi connectivity index (χ3v) is 6.99. The molecule has 5 rings (SSSR count). The number of benzene rings is 3. The zero-order valence-electron chi connectivity index (χ0n) is 17.4. The Hall–Kier alpha value is -2.71. The van der Waals surface area contributed by atoms with Gasteiger partial charge in [-0.2, -0.15) is 0 Å². The molecule has 2 saturated heterocycles. The number of carbonyl (C=O) groups is 1. The lowest BCUT2D eigenvalue weighted by molar-refractivity contribution is -0.124. The summed E-state index contributed by atoms with van der Waals surface area (Å²) >= 11 is 0. The third kappa shape index (κ3) is 4.11. The maximum Gasteiger partial charge on any atom is 0.140 e. The zero-order chi connectivity index (χ0) is 20.3. The van der Waals surface area contributed by atoms with Crippen LogP contribution < -0.4 is 0 Å². The summed E-state index contributed by atoms with van der Waals surface area (Å²) < 4.78 is 0. The van der Waals surface area contributed by atoms with Gasteiger partial charge in [0.15, 0.2) is 0 Å². The van der Waals surface area contributed by atoms with E-state index in [1.165, 1.54) is 29.5 Å². The summed E-state index contributed by atoms with van der Waals surface area (Å²) in [7, 11) is 0. The molecule has 2 bridgehead atoms. The van der Waals surface area contributed by atoms with Crippen LogP contribution in [0.2, 0.25) is 0 Å². The monoisotopic (exact) mass is 395 g/mol. The average Bonchev–Trinajstić information content (AvgIpc) is 3.02. The molecule has 2 atom stereocenters. The molecule has 0 aromatic heterocycles. The third-order valence-electron chi connectivity index (χ3n) is 6.99. The van der Waals surface area contributed by atoms with Crippen LogP contribution in [0.4, 0.5) is 0 Å². The van der Waals surface area contributed by atoms with Crippen molar-refractivity contribution in [1.29, 1.82) is 0 Å². The van der Waals surface area contributed by atoms with E-state index >= 15 is 0 Å². The molecule has 0 radical (unpaired) electrons. The Balaban J connectivity index is 1.21. The molecule has 0 amide bonds. The molecule has 2 unspecified atom stereocenters. The topological polar surface area (TPSA) is 20.3 Å². The first kappa shape index (κ1) is 19.3. The molecule has 2 nitrogen and oxygen atoms in total. The van der Waals surface area contributed by atoms with E-state index < -0.39 is 0 Å². The molecule has 0 N–H and O–H groups in total. The molecule has 2 fully saturated rings. The molecule has 0 saturated carbocycles. The minimum Gasteiger partial charge on any atom is -0.299 e. The van der Waals surface area contributed by atoms with E-state index in [4.69, 9.17) is 0 Å². The number of fused-ring (bicyclic) bond motifs is 2. The van der Waals surface area contributed by atoms with E-state index in [-0.39, 0.29) is 5.92 Å². The van der Waals surface area contributed by atoms with E-state index in [2.05, 4.69) is 83.8 Å². The van der Waals surface area contributed by atoms with Crippen molar-refractivity contribution in [2.45, 2.75) is 50.7 Å². The van der Waals surface area contributed by atoms with Gasteiger partial charge in [-0.1, -0.05) is 84.9 Å². The molecular formula is C28H29NO. The van der Waals surface area contributed by atoms with Gasteiger partial charge in [0.05, 0.1) is 0 Å². The molecule has 0 spiro atoms. The highest BCUT2D eigenvalue weighted by molar-refractivity contribution is 5.83. The van der Waals surface area contributed by atoms with Crippen molar-refractivity contribution in [3.63, 3.8) is 0 Å². The normalized spacial score (nSPS) is 23.4. The summed E-state index contributed by atoms with van der Waals surface area (Å²) in [5, 5.41) is 0. The number of rotatable bonds is 6. The maximum atomic E-state index is 13.1. The quantitative estimate of drug-likeness (QED) is 0.517. The molecule has 2 heteroatoms. The van der Waals surface area contributed by atoms with Gasteiger partial charge in [-0.05, 0) is 47.9 Å². The maximum absolute atomic E-state index is 13.1. The van der Waals surface area contributed by atoms with Gasteiger partial charge in [-0.3, -0.25) is 9.69 Å². The lowest BCUT2D eigenvalue weighted by atomic mass is 9.84. The average molecular weight is 396 g/mol. The largest absolute Gasteiger partial charge is 0.299 e. The van der Waals surface area contributed by atoms with E-state index in [1.807, 2.05) is 6.07 Å². The van der Waals surface area contributed by atoms with Crippen LogP contribution in [-0.4, -0.2) is 22.8 Å². The standard InChI is InChI=1S/C28H29NO/c30-28(17-21-11-13-24(14-12-21)23-9-5-2-6-10-23)25-18-26-15-16-27(19-25)29(26)20-22-7-3-1-4-8-22/h1-14,25-27H,15-20H2. The van der Waals surface area contributed by atoms with E-state index in [9.17, 15) is 4.79 Å². The van der Waals surface area contributed by atoms with Gasteiger partial charge in [0.1, 0.15) is 5.78 Å². The molecule has 2 aliphatic rings. The summed E-state index contributed by atoms with van der Waals surface area (Å²) in [6.07, 6.45) is 5.12. The predicted molar refractivity (Wildman–Crippen MR) is 122 cm³/mol. The summed E-state index contributed by atoms with van der Waals surface area (Å²) in [6.45, 7) is 1.03. The Morgan fingerprint density at radius 3 is 1.90 bits per heavy atom. The van der Waals surface area contributed by atoms with Crippen LogP contribution in [0.3, 0.4) is 0 Å². The van der Waals surface area contributed by atoms with Crippen LogP contribution in [0, 0.1) is 5.92 Å². The molecule has 3 aromatic carbocycles.